The van der Waals surface area contributed by atoms with Crippen LogP contribution < -0.4 is 12.4 Å². The third-order valence-electron chi connectivity index (χ3n) is 3.58. The smallest absolute Gasteiger partial charge is 0.600 e. The molecular formula is C15H16ClF3S. The van der Waals surface area contributed by atoms with Gasteiger partial charge in [-0.2, -0.15) is 0 Å². The molecule has 20 heavy (non-hydrogen) atoms. The lowest BCUT2D eigenvalue weighted by Crippen LogP contribution is -3.00. The molecule has 0 radical (unpaired) electrons. The van der Waals surface area contributed by atoms with Crippen molar-refractivity contribution in [1.82, 2.24) is 0 Å². The van der Waals surface area contributed by atoms with Crippen LogP contribution in [0.25, 0.3) is 10.1 Å². The Balaban J connectivity index is 0.00000147. The van der Waals surface area contributed by atoms with Crippen molar-refractivity contribution >= 4 is 20.6 Å². The summed E-state index contributed by atoms with van der Waals surface area (Å²) >= 11 is 0. The first kappa shape index (κ1) is 15.6. The molecule has 0 amide bonds. The van der Waals surface area contributed by atoms with Crippen molar-refractivity contribution in [2.75, 3.05) is 0 Å². The summed E-state index contributed by atoms with van der Waals surface area (Å²) in [5.41, 5.74) is -3.11. The number of halogens is 4. The maximum Gasteiger partial charge on any atom is 0.600 e. The van der Waals surface area contributed by atoms with Gasteiger partial charge in [0.2, 0.25) is 0 Å². The van der Waals surface area contributed by atoms with Crippen molar-refractivity contribution in [1.29, 1.82) is 0 Å². The molecule has 1 heterocycles. The van der Waals surface area contributed by atoms with Crippen LogP contribution in [-0.2, 0) is 11.9 Å². The first-order valence-corrected chi connectivity index (χ1v) is 7.89. The van der Waals surface area contributed by atoms with Crippen LogP contribution in [0.15, 0.2) is 24.3 Å². The first-order valence-electron chi connectivity index (χ1n) is 6.66. The van der Waals surface area contributed by atoms with E-state index in [4.69, 9.17) is 0 Å². The summed E-state index contributed by atoms with van der Waals surface area (Å²) in [6, 6.07) is 7.40. The topological polar surface area (TPSA) is 0 Å². The van der Waals surface area contributed by atoms with Crippen molar-refractivity contribution < 1.29 is 25.6 Å². The van der Waals surface area contributed by atoms with Crippen LogP contribution in [0.2, 0.25) is 0 Å². The Hall–Kier alpha value is -0.740. The number of thiophene rings is 1. The fourth-order valence-electron chi connectivity index (χ4n) is 2.57. The number of benzene rings is 1. The van der Waals surface area contributed by atoms with Crippen LogP contribution in [0.3, 0.4) is 0 Å². The number of hydrogen-bond donors (Lipinski definition) is 0. The molecule has 1 fully saturated rings. The van der Waals surface area contributed by atoms with E-state index in [2.05, 4.69) is 0 Å². The van der Waals surface area contributed by atoms with E-state index in [-0.39, 0.29) is 18.3 Å². The molecule has 0 bridgehead atoms. The summed E-state index contributed by atoms with van der Waals surface area (Å²) < 4.78 is 40.6. The van der Waals surface area contributed by atoms with Crippen molar-refractivity contribution in [2.45, 2.75) is 44.0 Å². The van der Waals surface area contributed by atoms with E-state index in [1.807, 2.05) is 19.1 Å². The molecule has 3 rings (SSSR count). The largest absolute Gasteiger partial charge is 1.00 e. The molecule has 1 atom stereocenters. The summed E-state index contributed by atoms with van der Waals surface area (Å²) in [6.45, 7) is 2.05. The predicted octanol–water partition coefficient (Wildman–Crippen LogP) is 2.90. The van der Waals surface area contributed by atoms with Gasteiger partial charge in [0.1, 0.15) is 0 Å². The zero-order valence-corrected chi connectivity index (χ0v) is 12.7. The van der Waals surface area contributed by atoms with Gasteiger partial charge in [0.25, 0.3) is 0 Å². The van der Waals surface area contributed by atoms with E-state index in [1.54, 1.807) is 12.1 Å². The van der Waals surface area contributed by atoms with Crippen molar-refractivity contribution in [3.05, 3.63) is 34.7 Å². The highest BCUT2D eigenvalue weighted by Gasteiger charge is 2.51. The molecule has 110 valence electrons. The Kier molecular flexibility index (Phi) is 4.35. The van der Waals surface area contributed by atoms with Crippen LogP contribution in [-0.4, -0.2) is 0 Å². The summed E-state index contributed by atoms with van der Waals surface area (Å²) in [6.07, 6.45) is 3.64. The Bertz CT molecular complexity index is 611. The molecule has 0 saturated heterocycles. The Morgan fingerprint density at radius 2 is 1.90 bits per heavy atom. The van der Waals surface area contributed by atoms with Gasteiger partial charge in [0.05, 0.1) is 10.5 Å². The highest BCUT2D eigenvalue weighted by molar-refractivity contribution is 7.38. The molecule has 1 aromatic carbocycles. The summed E-state index contributed by atoms with van der Waals surface area (Å²) in [5.74, 6) is 0.173. The average Bonchev–Trinajstić information content (AvgIpc) is 3.09. The first-order chi connectivity index (χ1) is 9.00. The molecule has 1 aliphatic rings. The van der Waals surface area contributed by atoms with Gasteiger partial charge in [-0.25, -0.2) is 0 Å². The van der Waals surface area contributed by atoms with E-state index in [9.17, 15) is 13.2 Å². The quantitative estimate of drug-likeness (QED) is 0.763. The Morgan fingerprint density at radius 3 is 2.45 bits per heavy atom. The van der Waals surface area contributed by atoms with E-state index >= 15 is 0 Å². The molecular weight excluding hydrogens is 305 g/mol. The molecule has 1 aliphatic carbocycles. The van der Waals surface area contributed by atoms with Crippen LogP contribution >= 0.6 is 10.5 Å². The highest BCUT2D eigenvalue weighted by atomic mass is 35.5. The van der Waals surface area contributed by atoms with E-state index < -0.39 is 16.0 Å². The number of alkyl halides is 3. The predicted molar refractivity (Wildman–Crippen MR) is 73.7 cm³/mol. The summed E-state index contributed by atoms with van der Waals surface area (Å²) in [4.78, 5) is 0.621. The lowest BCUT2D eigenvalue weighted by molar-refractivity contribution is -0.0867. The van der Waals surface area contributed by atoms with Crippen molar-refractivity contribution in [3.63, 3.8) is 0 Å². The Labute approximate surface area is 125 Å². The van der Waals surface area contributed by atoms with Gasteiger partial charge >= 0.3 is 5.51 Å². The van der Waals surface area contributed by atoms with E-state index in [0.29, 0.717) is 9.58 Å². The van der Waals surface area contributed by atoms with Crippen molar-refractivity contribution in [3.8, 4) is 0 Å². The van der Waals surface area contributed by atoms with Gasteiger partial charge in [-0.3, -0.25) is 0 Å². The molecule has 1 unspecified atom stereocenters. The SMILES string of the molecule is CCCc1ccc2cc(C3CC3)[s+](C(F)(F)F)c2c1.[Cl-]. The molecule has 5 heteroatoms. The minimum atomic E-state index is -4.13. The fraction of sp³-hybridized carbons (Fsp3) is 0.467. The third kappa shape index (κ3) is 2.82. The number of hydrogen-bond acceptors (Lipinski definition) is 0. The van der Waals surface area contributed by atoms with E-state index in [1.165, 1.54) is 0 Å². The van der Waals surface area contributed by atoms with Gasteiger partial charge < -0.3 is 12.4 Å². The number of aryl methyl sites for hydroxylation is 1. The molecule has 1 saturated carbocycles. The van der Waals surface area contributed by atoms with Crippen LogP contribution in [0.1, 0.15) is 42.5 Å². The second-order valence-electron chi connectivity index (χ2n) is 5.20. The fourth-order valence-corrected chi connectivity index (χ4v) is 4.79. The third-order valence-corrected chi connectivity index (χ3v) is 5.76. The van der Waals surface area contributed by atoms with Crippen LogP contribution in [0.5, 0.6) is 0 Å². The molecule has 1 aromatic heterocycles. The highest BCUT2D eigenvalue weighted by Crippen LogP contribution is 2.57. The van der Waals surface area contributed by atoms with Gasteiger partial charge in [-0.05, 0) is 30.9 Å². The average molecular weight is 321 g/mol. The van der Waals surface area contributed by atoms with Crippen LogP contribution in [0.4, 0.5) is 13.2 Å². The molecule has 0 spiro atoms. The maximum atomic E-state index is 13.4. The van der Waals surface area contributed by atoms with E-state index in [0.717, 1.165) is 36.6 Å². The zero-order chi connectivity index (χ0) is 13.6. The molecule has 0 N–H and O–H groups in total. The summed E-state index contributed by atoms with van der Waals surface area (Å²) in [7, 11) is -1.68. The number of rotatable bonds is 3. The monoisotopic (exact) mass is 320 g/mol. The molecule has 0 aliphatic heterocycles. The van der Waals surface area contributed by atoms with Crippen molar-refractivity contribution in [2.24, 2.45) is 0 Å². The van der Waals surface area contributed by atoms with Crippen LogP contribution in [0, 0.1) is 0 Å². The minimum Gasteiger partial charge on any atom is -1.00 e. The lowest BCUT2D eigenvalue weighted by Gasteiger charge is -2.00. The second-order valence-corrected chi connectivity index (χ2v) is 7.18. The van der Waals surface area contributed by atoms with Gasteiger partial charge in [-0.1, -0.05) is 19.4 Å². The normalized spacial score (nSPS) is 16.3. The van der Waals surface area contributed by atoms with Gasteiger partial charge in [0.15, 0.2) is 9.58 Å². The molecule has 0 nitrogen and oxygen atoms in total. The van der Waals surface area contributed by atoms with Gasteiger partial charge in [-0.15, -0.1) is 13.2 Å². The van der Waals surface area contributed by atoms with Gasteiger partial charge in [0, 0.05) is 23.4 Å². The Morgan fingerprint density at radius 1 is 1.20 bits per heavy atom. The zero-order valence-electron chi connectivity index (χ0n) is 11.1. The summed E-state index contributed by atoms with van der Waals surface area (Å²) in [5, 5.41) is 0.780. The second kappa shape index (κ2) is 5.57. The molecule has 2 aromatic rings. The number of fused-ring (bicyclic) bond motifs is 1. The standard InChI is InChI=1S/C15H16F3S.ClH/c1-2-3-10-4-5-12-9-14(11-6-7-11)19(13(12)8-10)15(16,17)18;/h4-5,8-9,11H,2-3,6-7H2,1H3;1H/q+1;/p-1. The minimum absolute atomic E-state index is 0. The lowest BCUT2D eigenvalue weighted by atomic mass is 10.1. The maximum absolute atomic E-state index is 13.4.